The fraction of sp³-hybridized carbons (Fsp3) is 0.375. The van der Waals surface area contributed by atoms with Crippen molar-refractivity contribution in [1.82, 2.24) is 19.1 Å². The second-order valence-electron chi connectivity index (χ2n) is 8.16. The predicted octanol–water partition coefficient (Wildman–Crippen LogP) is 2.98. The zero-order valence-electron chi connectivity index (χ0n) is 18.4. The van der Waals surface area contributed by atoms with E-state index >= 15 is 0 Å². The second kappa shape index (κ2) is 8.63. The van der Waals surface area contributed by atoms with E-state index in [2.05, 4.69) is 32.8 Å². The Labute approximate surface area is 186 Å². The lowest BCUT2D eigenvalue weighted by atomic mass is 10.1. The molecule has 1 saturated heterocycles. The molecule has 1 fully saturated rings. The van der Waals surface area contributed by atoms with Gasteiger partial charge in [-0.05, 0) is 24.3 Å². The summed E-state index contributed by atoms with van der Waals surface area (Å²) in [6, 6.07) is 10.0. The molecule has 4 aromatic rings. The first-order valence-electron chi connectivity index (χ1n) is 10.9. The van der Waals surface area contributed by atoms with E-state index in [-0.39, 0.29) is 11.7 Å². The van der Waals surface area contributed by atoms with Gasteiger partial charge in [0.1, 0.15) is 11.9 Å². The Hall–Kier alpha value is -3.39. The highest BCUT2D eigenvalue weighted by Gasteiger charge is 2.24. The van der Waals surface area contributed by atoms with Crippen LogP contribution in [0.1, 0.15) is 12.8 Å². The minimum Gasteiger partial charge on any atom is -0.490 e. The molecule has 0 radical (unpaired) electrons. The Morgan fingerprint density at radius 1 is 1.12 bits per heavy atom. The molecular weight excluding hydrogens is 406 g/mol. The van der Waals surface area contributed by atoms with Gasteiger partial charge in [0.15, 0.2) is 0 Å². The lowest BCUT2D eigenvalue weighted by molar-refractivity contribution is 0.172. The molecule has 0 atom stereocenters. The van der Waals surface area contributed by atoms with Gasteiger partial charge in [0.05, 0.1) is 29.2 Å². The van der Waals surface area contributed by atoms with Gasteiger partial charge in [-0.3, -0.25) is 14.3 Å². The first-order chi connectivity index (χ1) is 15.7. The van der Waals surface area contributed by atoms with Crippen LogP contribution in [0.5, 0.6) is 5.75 Å². The fourth-order valence-electron chi connectivity index (χ4n) is 4.43. The van der Waals surface area contributed by atoms with E-state index in [0.29, 0.717) is 23.5 Å². The number of piperidine rings is 1. The Morgan fingerprint density at radius 2 is 1.97 bits per heavy atom. The maximum Gasteiger partial charge on any atom is 0.262 e. The molecule has 32 heavy (non-hydrogen) atoms. The number of hydrogen-bond acceptors (Lipinski definition) is 6. The molecule has 1 aliphatic heterocycles. The van der Waals surface area contributed by atoms with Gasteiger partial charge < -0.3 is 18.9 Å². The van der Waals surface area contributed by atoms with Gasteiger partial charge in [-0.25, -0.2) is 4.98 Å². The van der Waals surface area contributed by atoms with Crippen molar-refractivity contribution in [2.24, 2.45) is 7.05 Å². The maximum atomic E-state index is 12.7. The quantitative estimate of drug-likeness (QED) is 0.465. The molecule has 0 bridgehead atoms. The summed E-state index contributed by atoms with van der Waals surface area (Å²) in [5, 5.41) is 1.71. The lowest BCUT2D eigenvalue weighted by Crippen LogP contribution is -2.41. The number of nitrogens with zero attached hydrogens (tertiary/aromatic N) is 5. The average molecular weight is 434 g/mol. The average Bonchev–Trinajstić information content (AvgIpc) is 3.25. The Bertz CT molecular complexity index is 1300. The molecule has 0 spiro atoms. The van der Waals surface area contributed by atoms with Crippen LogP contribution in [-0.4, -0.2) is 52.0 Å². The summed E-state index contributed by atoms with van der Waals surface area (Å²) in [5.41, 5.74) is 1.74. The summed E-state index contributed by atoms with van der Waals surface area (Å²) in [6.07, 6.45) is 7.21. The molecule has 0 N–H and O–H groups in total. The number of rotatable bonds is 6. The third-order valence-electron chi connectivity index (χ3n) is 6.18. The lowest BCUT2D eigenvalue weighted by Gasteiger charge is -2.33. The highest BCUT2D eigenvalue weighted by Crippen LogP contribution is 2.30. The molecule has 1 aromatic carbocycles. The summed E-state index contributed by atoms with van der Waals surface area (Å²) in [5.74, 6) is 1.60. The van der Waals surface area contributed by atoms with Crippen molar-refractivity contribution in [1.29, 1.82) is 0 Å². The molecule has 1 aliphatic rings. The van der Waals surface area contributed by atoms with E-state index in [0.717, 1.165) is 49.1 Å². The van der Waals surface area contributed by atoms with Crippen molar-refractivity contribution in [3.8, 4) is 5.75 Å². The smallest absolute Gasteiger partial charge is 0.262 e. The van der Waals surface area contributed by atoms with Crippen molar-refractivity contribution in [3.05, 3.63) is 59.3 Å². The van der Waals surface area contributed by atoms with E-state index in [1.165, 1.54) is 0 Å². The van der Waals surface area contributed by atoms with Gasteiger partial charge in [-0.15, -0.1) is 0 Å². The number of aromatic nitrogens is 4. The van der Waals surface area contributed by atoms with E-state index < -0.39 is 0 Å². The number of fused-ring (bicyclic) bond motifs is 2. The molecule has 0 unspecified atom stereocenters. The highest BCUT2D eigenvalue weighted by molar-refractivity contribution is 5.86. The molecule has 4 heterocycles. The van der Waals surface area contributed by atoms with Crippen molar-refractivity contribution < 1.29 is 9.47 Å². The first-order valence-corrected chi connectivity index (χ1v) is 10.9. The standard InChI is InChI=1S/C24H27N5O3/c1-27-23(30)18-6-10-25-16-20(18)26-24(27)29-11-7-17(8-12-29)32-22-5-3-4-21-19(22)9-13-28(21)14-15-31-2/h3-6,9-10,13,16-17H,7-8,11-12,14-15H2,1-2H3. The Kier molecular flexibility index (Phi) is 5.53. The highest BCUT2D eigenvalue weighted by atomic mass is 16.5. The van der Waals surface area contributed by atoms with Crippen LogP contribution in [-0.2, 0) is 18.3 Å². The van der Waals surface area contributed by atoms with Crippen molar-refractivity contribution in [3.63, 3.8) is 0 Å². The van der Waals surface area contributed by atoms with Crippen LogP contribution in [0.25, 0.3) is 21.8 Å². The summed E-state index contributed by atoms with van der Waals surface area (Å²) < 4.78 is 15.5. The summed E-state index contributed by atoms with van der Waals surface area (Å²) in [7, 11) is 3.50. The van der Waals surface area contributed by atoms with Gasteiger partial charge in [0.2, 0.25) is 5.95 Å². The Morgan fingerprint density at radius 3 is 2.78 bits per heavy atom. The minimum absolute atomic E-state index is 0.0459. The van der Waals surface area contributed by atoms with E-state index in [1.807, 2.05) is 12.1 Å². The number of anilines is 1. The SMILES string of the molecule is COCCn1ccc2c(OC3CCN(c4nc5cnccc5c(=O)n4C)CC3)cccc21. The first kappa shape index (κ1) is 20.5. The van der Waals surface area contributed by atoms with Gasteiger partial charge in [0.25, 0.3) is 5.56 Å². The van der Waals surface area contributed by atoms with Gasteiger partial charge in [0, 0.05) is 64.4 Å². The van der Waals surface area contributed by atoms with Crippen LogP contribution in [0.4, 0.5) is 5.95 Å². The van der Waals surface area contributed by atoms with Crippen LogP contribution in [0.15, 0.2) is 53.7 Å². The maximum absolute atomic E-state index is 12.7. The van der Waals surface area contributed by atoms with Gasteiger partial charge in [-0.1, -0.05) is 6.07 Å². The van der Waals surface area contributed by atoms with Crippen LogP contribution in [0.2, 0.25) is 0 Å². The molecular formula is C24H27N5O3. The minimum atomic E-state index is -0.0459. The predicted molar refractivity (Wildman–Crippen MR) is 124 cm³/mol. The van der Waals surface area contributed by atoms with Crippen molar-refractivity contribution in [2.45, 2.75) is 25.5 Å². The zero-order chi connectivity index (χ0) is 22.1. The normalized spacial score (nSPS) is 15.0. The molecule has 166 valence electrons. The third-order valence-corrected chi connectivity index (χ3v) is 6.18. The largest absolute Gasteiger partial charge is 0.490 e. The number of methoxy groups -OCH3 is 1. The van der Waals surface area contributed by atoms with Gasteiger partial charge in [-0.2, -0.15) is 0 Å². The number of benzene rings is 1. The van der Waals surface area contributed by atoms with Crippen LogP contribution < -0.4 is 15.2 Å². The number of hydrogen-bond donors (Lipinski definition) is 0. The van der Waals surface area contributed by atoms with Gasteiger partial charge >= 0.3 is 0 Å². The van der Waals surface area contributed by atoms with E-state index in [9.17, 15) is 4.79 Å². The molecule has 8 heteroatoms. The third kappa shape index (κ3) is 3.71. The van der Waals surface area contributed by atoms with Crippen molar-refractivity contribution >= 4 is 27.8 Å². The summed E-state index contributed by atoms with van der Waals surface area (Å²) in [6.45, 7) is 3.05. The number of pyridine rings is 1. The molecule has 5 rings (SSSR count). The molecule has 3 aromatic heterocycles. The fourth-order valence-corrected chi connectivity index (χ4v) is 4.43. The molecule has 0 aliphatic carbocycles. The van der Waals surface area contributed by atoms with E-state index in [1.54, 1.807) is 37.2 Å². The monoisotopic (exact) mass is 433 g/mol. The summed E-state index contributed by atoms with van der Waals surface area (Å²) in [4.78, 5) is 23.7. The number of ether oxygens (including phenoxy) is 2. The summed E-state index contributed by atoms with van der Waals surface area (Å²) >= 11 is 0. The van der Waals surface area contributed by atoms with Crippen molar-refractivity contribution in [2.75, 3.05) is 31.7 Å². The zero-order valence-corrected chi connectivity index (χ0v) is 18.4. The Balaban J connectivity index is 1.31. The van der Waals surface area contributed by atoms with E-state index in [4.69, 9.17) is 14.5 Å². The molecule has 0 saturated carbocycles. The molecule has 8 nitrogen and oxygen atoms in total. The van der Waals surface area contributed by atoms with Crippen LogP contribution in [0.3, 0.4) is 0 Å². The topological polar surface area (TPSA) is 74.4 Å². The molecule has 0 amide bonds. The van der Waals surface area contributed by atoms with Crippen LogP contribution in [0, 0.1) is 0 Å². The van der Waals surface area contributed by atoms with Crippen LogP contribution >= 0.6 is 0 Å². The second-order valence-corrected chi connectivity index (χ2v) is 8.16.